The van der Waals surface area contributed by atoms with Crippen LogP contribution in [-0.4, -0.2) is 15.5 Å². The van der Waals surface area contributed by atoms with E-state index in [1.165, 1.54) is 0 Å². The van der Waals surface area contributed by atoms with Gasteiger partial charge in [-0.25, -0.2) is 4.98 Å². The van der Waals surface area contributed by atoms with E-state index in [0.717, 1.165) is 34.8 Å². The van der Waals surface area contributed by atoms with Crippen LogP contribution in [0.3, 0.4) is 0 Å². The highest BCUT2D eigenvalue weighted by atomic mass is 16.1. The predicted molar refractivity (Wildman–Crippen MR) is 75.0 cm³/mol. The van der Waals surface area contributed by atoms with Crippen LogP contribution in [0.2, 0.25) is 0 Å². The van der Waals surface area contributed by atoms with Crippen LogP contribution in [0.15, 0.2) is 18.2 Å². The van der Waals surface area contributed by atoms with Gasteiger partial charge in [0.25, 0.3) is 0 Å². The second kappa shape index (κ2) is 4.49. The van der Waals surface area contributed by atoms with Crippen molar-refractivity contribution < 1.29 is 4.79 Å². The molecule has 0 aliphatic carbocycles. The zero-order valence-electron chi connectivity index (χ0n) is 11.4. The fourth-order valence-corrected chi connectivity index (χ4v) is 2.55. The molecule has 0 bridgehead atoms. The lowest BCUT2D eigenvalue weighted by Gasteiger charge is -2.17. The number of amides is 1. The van der Waals surface area contributed by atoms with E-state index in [0.29, 0.717) is 12.1 Å². The summed E-state index contributed by atoms with van der Waals surface area (Å²) in [5, 5.41) is 12.1. The molecule has 0 spiro atoms. The number of rotatable bonds is 1. The number of hydrogen-bond acceptors (Lipinski definition) is 3. The first kappa shape index (κ1) is 12.4. The van der Waals surface area contributed by atoms with Crippen molar-refractivity contribution >= 4 is 11.6 Å². The number of anilines is 1. The molecule has 3 rings (SSSR count). The number of nitrogens with one attached hydrogen (secondary N) is 1. The van der Waals surface area contributed by atoms with Gasteiger partial charge < -0.3 is 9.88 Å². The topological polar surface area (TPSA) is 70.7 Å². The van der Waals surface area contributed by atoms with Gasteiger partial charge >= 0.3 is 0 Å². The van der Waals surface area contributed by atoms with Crippen LogP contribution in [0.1, 0.15) is 23.5 Å². The summed E-state index contributed by atoms with van der Waals surface area (Å²) in [5.74, 6) is 0.863. The maximum Gasteiger partial charge on any atom is 0.224 e. The third-order valence-electron chi connectivity index (χ3n) is 3.70. The zero-order valence-corrected chi connectivity index (χ0v) is 11.4. The second-order valence-corrected chi connectivity index (χ2v) is 4.95. The van der Waals surface area contributed by atoms with Crippen LogP contribution in [-0.2, 0) is 18.3 Å². The van der Waals surface area contributed by atoms with Crippen molar-refractivity contribution in [2.24, 2.45) is 7.05 Å². The van der Waals surface area contributed by atoms with Crippen LogP contribution in [0.5, 0.6) is 0 Å². The number of carbonyl (C=O) groups excluding carboxylic acids is 1. The summed E-state index contributed by atoms with van der Waals surface area (Å²) in [4.78, 5) is 15.6. The molecule has 0 saturated heterocycles. The SMILES string of the molecule is Cc1nc(C#N)c(-c2ccc3c(c2)CCC(=O)N3)n1C. The minimum Gasteiger partial charge on any atom is -0.330 e. The Hall–Kier alpha value is -2.61. The fraction of sp³-hybridized carbons (Fsp3) is 0.267. The van der Waals surface area contributed by atoms with Crippen molar-refractivity contribution in [3.05, 3.63) is 35.3 Å². The van der Waals surface area contributed by atoms with E-state index in [2.05, 4.69) is 16.4 Å². The summed E-state index contributed by atoms with van der Waals surface area (Å²) in [6, 6.07) is 7.99. The Morgan fingerprint density at radius 3 is 2.95 bits per heavy atom. The molecule has 1 N–H and O–H groups in total. The summed E-state index contributed by atoms with van der Waals surface area (Å²) in [7, 11) is 1.90. The first-order valence-electron chi connectivity index (χ1n) is 6.46. The number of fused-ring (bicyclic) bond motifs is 1. The lowest BCUT2D eigenvalue weighted by atomic mass is 9.98. The van der Waals surface area contributed by atoms with Crippen molar-refractivity contribution in [2.75, 3.05) is 5.32 Å². The van der Waals surface area contributed by atoms with E-state index in [1.807, 2.05) is 36.7 Å². The fourth-order valence-electron chi connectivity index (χ4n) is 2.55. The Balaban J connectivity index is 2.13. The summed E-state index contributed by atoms with van der Waals surface area (Å²) in [6.07, 6.45) is 1.24. The molecule has 0 atom stereocenters. The molecule has 1 amide bonds. The van der Waals surface area contributed by atoms with Crippen molar-refractivity contribution in [3.8, 4) is 17.3 Å². The van der Waals surface area contributed by atoms with E-state index < -0.39 is 0 Å². The number of carbonyl (C=O) groups is 1. The van der Waals surface area contributed by atoms with Crippen molar-refractivity contribution in [1.29, 1.82) is 5.26 Å². The van der Waals surface area contributed by atoms with Gasteiger partial charge in [0.05, 0.1) is 5.69 Å². The minimum absolute atomic E-state index is 0.0549. The first-order chi connectivity index (χ1) is 9.60. The molecule has 1 aromatic heterocycles. The summed E-state index contributed by atoms with van der Waals surface area (Å²) in [5.41, 5.74) is 4.18. The Labute approximate surface area is 116 Å². The molecule has 2 aromatic rings. The summed E-state index contributed by atoms with van der Waals surface area (Å²) >= 11 is 0. The average molecular weight is 266 g/mol. The van der Waals surface area contributed by atoms with Crippen LogP contribution in [0, 0.1) is 18.3 Å². The van der Waals surface area contributed by atoms with E-state index in [-0.39, 0.29) is 5.91 Å². The maximum absolute atomic E-state index is 11.4. The molecular weight excluding hydrogens is 252 g/mol. The van der Waals surface area contributed by atoms with Gasteiger partial charge in [-0.3, -0.25) is 4.79 Å². The number of aromatic nitrogens is 2. The normalized spacial score (nSPS) is 13.6. The first-order valence-corrected chi connectivity index (χ1v) is 6.46. The number of aryl methyl sites for hydroxylation is 2. The van der Waals surface area contributed by atoms with Crippen LogP contribution >= 0.6 is 0 Å². The second-order valence-electron chi connectivity index (χ2n) is 4.95. The smallest absolute Gasteiger partial charge is 0.224 e. The Morgan fingerprint density at radius 2 is 2.20 bits per heavy atom. The van der Waals surface area contributed by atoms with E-state index in [4.69, 9.17) is 0 Å². The number of nitrogens with zero attached hydrogens (tertiary/aromatic N) is 3. The molecular formula is C15H14N4O. The molecule has 1 aromatic carbocycles. The van der Waals surface area contributed by atoms with Gasteiger partial charge in [-0.15, -0.1) is 0 Å². The lowest BCUT2D eigenvalue weighted by molar-refractivity contribution is -0.116. The lowest BCUT2D eigenvalue weighted by Crippen LogP contribution is -2.18. The van der Waals surface area contributed by atoms with Gasteiger partial charge in [0.2, 0.25) is 5.91 Å². The molecule has 0 saturated carbocycles. The molecule has 2 heterocycles. The molecule has 0 unspecified atom stereocenters. The van der Waals surface area contributed by atoms with Gasteiger partial charge in [0.1, 0.15) is 11.9 Å². The van der Waals surface area contributed by atoms with Crippen LogP contribution in [0.4, 0.5) is 5.69 Å². The van der Waals surface area contributed by atoms with Crippen molar-refractivity contribution in [3.63, 3.8) is 0 Å². The van der Waals surface area contributed by atoms with Crippen LogP contribution < -0.4 is 5.32 Å². The largest absolute Gasteiger partial charge is 0.330 e. The molecule has 0 radical (unpaired) electrons. The minimum atomic E-state index is 0.0549. The Bertz CT molecular complexity index is 752. The molecule has 1 aliphatic heterocycles. The van der Waals surface area contributed by atoms with Crippen molar-refractivity contribution in [2.45, 2.75) is 19.8 Å². The molecule has 0 fully saturated rings. The van der Waals surface area contributed by atoms with E-state index >= 15 is 0 Å². The summed E-state index contributed by atoms with van der Waals surface area (Å²) < 4.78 is 1.92. The molecule has 1 aliphatic rings. The quantitative estimate of drug-likeness (QED) is 0.859. The van der Waals surface area contributed by atoms with Gasteiger partial charge in [0, 0.05) is 24.7 Å². The van der Waals surface area contributed by atoms with Gasteiger partial charge in [0.15, 0.2) is 5.69 Å². The number of imidazole rings is 1. The molecule has 100 valence electrons. The molecule has 5 heteroatoms. The monoisotopic (exact) mass is 266 g/mol. The van der Waals surface area contributed by atoms with Gasteiger partial charge in [-0.1, -0.05) is 6.07 Å². The van der Waals surface area contributed by atoms with Gasteiger partial charge in [-0.05, 0) is 31.0 Å². The third kappa shape index (κ3) is 1.86. The number of hydrogen-bond donors (Lipinski definition) is 1. The third-order valence-corrected chi connectivity index (χ3v) is 3.70. The standard InChI is InChI=1S/C15H14N4O/c1-9-17-13(8-16)15(19(9)2)11-3-5-12-10(7-11)4-6-14(20)18-12/h3,5,7H,4,6H2,1-2H3,(H,18,20). The maximum atomic E-state index is 11.4. The van der Waals surface area contributed by atoms with Crippen molar-refractivity contribution in [1.82, 2.24) is 9.55 Å². The highest BCUT2D eigenvalue weighted by Crippen LogP contribution is 2.30. The average Bonchev–Trinajstić information content (AvgIpc) is 2.74. The number of benzene rings is 1. The summed E-state index contributed by atoms with van der Waals surface area (Å²) in [6.45, 7) is 1.88. The Morgan fingerprint density at radius 1 is 1.40 bits per heavy atom. The van der Waals surface area contributed by atoms with Gasteiger partial charge in [-0.2, -0.15) is 5.26 Å². The van der Waals surface area contributed by atoms with E-state index in [1.54, 1.807) is 0 Å². The predicted octanol–water partition coefficient (Wildman–Crippen LogP) is 2.15. The molecule has 5 nitrogen and oxygen atoms in total. The number of nitriles is 1. The van der Waals surface area contributed by atoms with Crippen LogP contribution in [0.25, 0.3) is 11.3 Å². The highest BCUT2D eigenvalue weighted by Gasteiger charge is 2.18. The zero-order chi connectivity index (χ0) is 14.3. The highest BCUT2D eigenvalue weighted by molar-refractivity contribution is 5.94. The Kier molecular flexibility index (Phi) is 2.79. The molecule has 20 heavy (non-hydrogen) atoms. The van der Waals surface area contributed by atoms with E-state index in [9.17, 15) is 10.1 Å².